The van der Waals surface area contributed by atoms with Crippen molar-refractivity contribution in [2.24, 2.45) is 0 Å². The molecule has 11 nitrogen and oxygen atoms in total. The number of hydrogen-bond donors (Lipinski definition) is 4. The molecule has 0 saturated carbocycles. The molecule has 0 amide bonds. The third-order valence-electron chi connectivity index (χ3n) is 2.64. The Bertz CT molecular complexity index is 553. The number of carbonyl (C=O) groups excluding carboxylic acids is 2. The van der Waals surface area contributed by atoms with E-state index in [1.165, 1.54) is 6.92 Å². The van der Waals surface area contributed by atoms with Crippen molar-refractivity contribution < 1.29 is 43.6 Å². The Morgan fingerprint density at radius 3 is 2.42 bits per heavy atom. The number of carboxylic acids is 1. The summed E-state index contributed by atoms with van der Waals surface area (Å²) in [5.41, 5.74) is 0.297. The predicted molar refractivity (Wildman–Crippen MR) is 87.4 cm³/mol. The summed E-state index contributed by atoms with van der Waals surface area (Å²) in [4.78, 5) is 38.2. The van der Waals surface area contributed by atoms with Crippen molar-refractivity contribution in [2.45, 2.75) is 19.4 Å². The molecule has 0 radical (unpaired) electrons. The van der Waals surface area contributed by atoms with Gasteiger partial charge in [0.05, 0.1) is 31.8 Å². The van der Waals surface area contributed by atoms with Gasteiger partial charge in [-0.3, -0.25) is 10.2 Å². The summed E-state index contributed by atoms with van der Waals surface area (Å²) < 4.78 is 14.7. The van der Waals surface area contributed by atoms with E-state index in [0.29, 0.717) is 6.08 Å². The second-order valence-corrected chi connectivity index (χ2v) is 4.89. The molecule has 0 aromatic heterocycles. The summed E-state index contributed by atoms with van der Waals surface area (Å²) in [5, 5.41) is 25.6. The van der Waals surface area contributed by atoms with Crippen LogP contribution < -0.4 is 5.48 Å². The van der Waals surface area contributed by atoms with Gasteiger partial charge in [-0.2, -0.15) is 0 Å². The van der Waals surface area contributed by atoms with Crippen LogP contribution in [0.25, 0.3) is 0 Å². The molecular formula is C14H21ClN2O9. The molecule has 1 atom stereocenters. The molecule has 12 heteroatoms. The summed E-state index contributed by atoms with van der Waals surface area (Å²) in [6.45, 7) is 1.47. The number of ether oxygens (including phenoxy) is 3. The molecular weight excluding hydrogens is 376 g/mol. The topological polar surface area (TPSA) is 164 Å². The summed E-state index contributed by atoms with van der Waals surface area (Å²) in [6.07, 6.45) is 0.432. The van der Waals surface area contributed by atoms with Gasteiger partial charge in [-0.05, 0) is 6.92 Å². The van der Waals surface area contributed by atoms with Crippen LogP contribution >= 0.6 is 11.6 Å². The number of carboxylic acid groups (broad SMARTS) is 1. The number of hydrogen-bond acceptors (Lipinski definition) is 9. The molecule has 26 heavy (non-hydrogen) atoms. The molecule has 0 bridgehead atoms. The minimum Gasteiger partial charge on any atom is -0.478 e. The fourth-order valence-corrected chi connectivity index (χ4v) is 1.72. The zero-order valence-corrected chi connectivity index (χ0v) is 15.0. The number of carbonyl (C=O) groups is 3. The van der Waals surface area contributed by atoms with Gasteiger partial charge in [0.15, 0.2) is 11.4 Å². The smallest absolute Gasteiger partial charge is 0.377 e. The maximum absolute atomic E-state index is 11.6. The van der Waals surface area contributed by atoms with E-state index in [2.05, 4.69) is 4.74 Å². The number of esters is 2. The van der Waals surface area contributed by atoms with E-state index >= 15 is 0 Å². The number of halogens is 1. The Morgan fingerprint density at radius 1 is 1.31 bits per heavy atom. The van der Waals surface area contributed by atoms with Crippen molar-refractivity contribution in [3.05, 3.63) is 11.8 Å². The Hall–Kier alpha value is -2.37. The normalized spacial score (nSPS) is 13.3. The molecule has 0 rings (SSSR count). The lowest BCUT2D eigenvalue weighted by atomic mass is 10.1. The molecule has 0 aromatic carbocycles. The van der Waals surface area contributed by atoms with Crippen molar-refractivity contribution in [3.63, 3.8) is 0 Å². The Balaban J connectivity index is 5.27. The Kier molecular flexibility index (Phi) is 11.0. The van der Waals surface area contributed by atoms with Crippen LogP contribution in [0.1, 0.15) is 13.8 Å². The van der Waals surface area contributed by atoms with Gasteiger partial charge in [0.25, 0.3) is 0 Å². The van der Waals surface area contributed by atoms with Gasteiger partial charge < -0.3 is 29.3 Å². The number of rotatable bonds is 12. The van der Waals surface area contributed by atoms with Gasteiger partial charge in [0.1, 0.15) is 6.61 Å². The van der Waals surface area contributed by atoms with Gasteiger partial charge in [-0.15, -0.1) is 11.6 Å². The number of aliphatic hydroxyl groups is 1. The Labute approximate surface area is 154 Å². The van der Waals surface area contributed by atoms with Crippen LogP contribution in [0.4, 0.5) is 0 Å². The number of amidine groups is 1. The van der Waals surface area contributed by atoms with Crippen LogP contribution in [0.2, 0.25) is 0 Å². The second kappa shape index (κ2) is 12.1. The van der Waals surface area contributed by atoms with Crippen molar-refractivity contribution in [1.82, 2.24) is 5.48 Å². The first-order chi connectivity index (χ1) is 12.2. The molecule has 1 unspecified atom stereocenters. The zero-order valence-electron chi connectivity index (χ0n) is 14.2. The SMILES string of the molecule is CCOC(=O)/C(=C\C(=O)O)ONC(=N)C(CCl)(COC(C)=O)OCCO. The number of alkyl halides is 1. The van der Waals surface area contributed by atoms with Crippen LogP contribution in [-0.2, 0) is 33.4 Å². The standard InChI is InChI=1S/C14H21ClN2O9/c1-3-23-12(22)10(6-11(20)21)26-17-13(16)14(7-15,25-5-4-18)8-24-9(2)19/h6,18H,3-5,7-8H2,1-2H3,(H2,16,17)(H,20,21)/b10-6+. The van der Waals surface area contributed by atoms with Crippen molar-refractivity contribution in [2.75, 3.05) is 32.3 Å². The highest BCUT2D eigenvalue weighted by molar-refractivity contribution is 6.20. The fourth-order valence-electron chi connectivity index (χ4n) is 1.43. The van der Waals surface area contributed by atoms with Crippen molar-refractivity contribution >= 4 is 35.3 Å². The van der Waals surface area contributed by atoms with Gasteiger partial charge in [-0.25, -0.2) is 15.1 Å². The van der Waals surface area contributed by atoms with E-state index < -0.39 is 48.3 Å². The third kappa shape index (κ3) is 8.14. The summed E-state index contributed by atoms with van der Waals surface area (Å²) in [7, 11) is 0. The van der Waals surface area contributed by atoms with E-state index in [-0.39, 0.29) is 19.1 Å². The van der Waals surface area contributed by atoms with Gasteiger partial charge in [0.2, 0.25) is 5.76 Å². The summed E-state index contributed by atoms with van der Waals surface area (Å²) >= 11 is 5.82. The summed E-state index contributed by atoms with van der Waals surface area (Å²) in [5.74, 6) is -4.93. The molecule has 0 heterocycles. The molecule has 0 aliphatic heterocycles. The molecule has 4 N–H and O–H groups in total. The molecule has 0 aliphatic carbocycles. The first-order valence-electron chi connectivity index (χ1n) is 7.30. The molecule has 0 aromatic rings. The molecule has 0 saturated heterocycles. The predicted octanol–water partition coefficient (Wildman–Crippen LogP) is -0.434. The van der Waals surface area contributed by atoms with Crippen LogP contribution in [0.5, 0.6) is 0 Å². The van der Waals surface area contributed by atoms with Gasteiger partial charge in [0, 0.05) is 6.92 Å². The zero-order chi connectivity index (χ0) is 20.2. The van der Waals surface area contributed by atoms with Gasteiger partial charge >= 0.3 is 17.9 Å². The van der Waals surface area contributed by atoms with E-state index in [1.54, 1.807) is 0 Å². The first-order valence-corrected chi connectivity index (χ1v) is 7.83. The van der Waals surface area contributed by atoms with E-state index in [9.17, 15) is 14.4 Å². The maximum Gasteiger partial charge on any atom is 0.377 e. The van der Waals surface area contributed by atoms with Crippen LogP contribution in [-0.4, -0.2) is 71.9 Å². The van der Waals surface area contributed by atoms with Gasteiger partial charge in [-0.1, -0.05) is 0 Å². The van der Waals surface area contributed by atoms with E-state index in [0.717, 1.165) is 6.92 Å². The first kappa shape index (κ1) is 23.6. The third-order valence-corrected chi connectivity index (χ3v) is 3.08. The quantitative estimate of drug-likeness (QED) is 0.0646. The lowest BCUT2D eigenvalue weighted by molar-refractivity contribution is -0.148. The highest BCUT2D eigenvalue weighted by Crippen LogP contribution is 2.16. The Morgan fingerprint density at radius 2 is 1.96 bits per heavy atom. The number of hydroxylamine groups is 1. The number of nitrogens with one attached hydrogen (secondary N) is 2. The van der Waals surface area contributed by atoms with E-state index in [1.807, 2.05) is 5.48 Å². The van der Waals surface area contributed by atoms with E-state index in [4.69, 9.17) is 41.5 Å². The van der Waals surface area contributed by atoms with Crippen LogP contribution in [0.3, 0.4) is 0 Å². The van der Waals surface area contributed by atoms with Crippen molar-refractivity contribution in [3.8, 4) is 0 Å². The largest absolute Gasteiger partial charge is 0.478 e. The maximum atomic E-state index is 11.6. The fraction of sp³-hybridized carbons (Fsp3) is 0.571. The van der Waals surface area contributed by atoms with Crippen molar-refractivity contribution in [1.29, 1.82) is 5.41 Å². The van der Waals surface area contributed by atoms with Crippen LogP contribution in [0, 0.1) is 5.41 Å². The molecule has 0 spiro atoms. The minimum atomic E-state index is -1.72. The highest BCUT2D eigenvalue weighted by Gasteiger charge is 2.38. The molecule has 148 valence electrons. The average Bonchev–Trinajstić information content (AvgIpc) is 2.58. The molecule has 0 aliphatic rings. The van der Waals surface area contributed by atoms with Crippen LogP contribution in [0.15, 0.2) is 11.8 Å². The lowest BCUT2D eigenvalue weighted by Crippen LogP contribution is -2.54. The average molecular weight is 397 g/mol. The summed E-state index contributed by atoms with van der Waals surface area (Å²) in [6, 6.07) is 0. The number of aliphatic hydroxyl groups excluding tert-OH is 1. The minimum absolute atomic E-state index is 0.0335. The molecule has 0 fully saturated rings. The lowest BCUT2D eigenvalue weighted by Gasteiger charge is -2.31. The highest BCUT2D eigenvalue weighted by atomic mass is 35.5. The number of aliphatic carboxylic acids is 1. The monoisotopic (exact) mass is 396 g/mol. The second-order valence-electron chi connectivity index (χ2n) is 4.63.